The van der Waals surface area contributed by atoms with Gasteiger partial charge in [-0.2, -0.15) is 4.98 Å². The molecule has 0 spiro atoms. The molecule has 0 saturated heterocycles. The van der Waals surface area contributed by atoms with E-state index in [4.69, 9.17) is 9.47 Å². The van der Waals surface area contributed by atoms with Gasteiger partial charge in [0, 0.05) is 7.05 Å². The maximum absolute atomic E-state index is 12.6. The molecule has 2 aromatic heterocycles. The highest BCUT2D eigenvalue weighted by Crippen LogP contribution is 2.20. The van der Waals surface area contributed by atoms with Crippen molar-refractivity contribution in [3.63, 3.8) is 0 Å². The van der Waals surface area contributed by atoms with Crippen molar-refractivity contribution in [2.75, 3.05) is 6.61 Å². The lowest BCUT2D eigenvalue weighted by Gasteiger charge is -2.15. The van der Waals surface area contributed by atoms with Crippen LogP contribution in [0.15, 0.2) is 64.2 Å². The summed E-state index contributed by atoms with van der Waals surface area (Å²) in [6.45, 7) is 1.70. The monoisotopic (exact) mass is 450 g/mol. The number of fused-ring (bicyclic) bond motifs is 1. The van der Waals surface area contributed by atoms with Crippen LogP contribution < -0.4 is 20.7 Å². The van der Waals surface area contributed by atoms with Crippen LogP contribution >= 0.6 is 0 Å². The van der Waals surface area contributed by atoms with Crippen LogP contribution in [0.4, 0.5) is 0 Å². The van der Waals surface area contributed by atoms with E-state index < -0.39 is 23.3 Å². The highest BCUT2D eigenvalue weighted by Gasteiger charge is 2.23. The molecule has 0 aliphatic rings. The molecule has 4 aromatic rings. The van der Waals surface area contributed by atoms with E-state index in [1.54, 1.807) is 42.5 Å². The van der Waals surface area contributed by atoms with Crippen molar-refractivity contribution in [3.05, 3.63) is 86.6 Å². The van der Waals surface area contributed by atoms with Crippen molar-refractivity contribution in [1.82, 2.24) is 19.1 Å². The van der Waals surface area contributed by atoms with Crippen molar-refractivity contribution in [2.24, 2.45) is 7.05 Å². The van der Waals surface area contributed by atoms with E-state index in [0.717, 1.165) is 10.1 Å². The summed E-state index contributed by atoms with van der Waals surface area (Å²) in [5.74, 6) is -0.120. The summed E-state index contributed by atoms with van der Waals surface area (Å²) in [5, 5.41) is 10.6. The average molecular weight is 450 g/mol. The predicted molar refractivity (Wildman–Crippen MR) is 120 cm³/mol. The molecule has 0 amide bonds. The topological polar surface area (TPSA) is 128 Å². The van der Waals surface area contributed by atoms with Crippen LogP contribution in [0, 0.1) is 6.92 Å². The van der Waals surface area contributed by atoms with Crippen molar-refractivity contribution in [1.29, 1.82) is 0 Å². The van der Waals surface area contributed by atoms with Gasteiger partial charge in [-0.3, -0.25) is 18.9 Å². The van der Waals surface area contributed by atoms with Gasteiger partial charge >= 0.3 is 17.7 Å². The normalized spacial score (nSPS) is 12.0. The predicted octanol–water partition coefficient (Wildman–Crippen LogP) is 1.39. The molecule has 1 atom stereocenters. The Morgan fingerprint density at radius 1 is 1.12 bits per heavy atom. The Hall–Kier alpha value is -4.18. The average Bonchev–Trinajstić information content (AvgIpc) is 3.16. The number of carbonyl (C=O) groups is 1. The van der Waals surface area contributed by atoms with Gasteiger partial charge in [-0.25, -0.2) is 9.59 Å². The van der Waals surface area contributed by atoms with E-state index >= 15 is 0 Å². The number of benzene rings is 2. The van der Waals surface area contributed by atoms with Gasteiger partial charge in [-0.15, -0.1) is 0 Å². The van der Waals surface area contributed by atoms with Crippen LogP contribution in [0.5, 0.6) is 11.8 Å². The molecule has 2 N–H and O–H groups in total. The minimum atomic E-state index is -1.07. The Morgan fingerprint density at radius 2 is 1.82 bits per heavy atom. The van der Waals surface area contributed by atoms with Gasteiger partial charge in [0.2, 0.25) is 0 Å². The van der Waals surface area contributed by atoms with E-state index in [1.165, 1.54) is 11.6 Å². The molecule has 10 nitrogen and oxygen atoms in total. The Balaban J connectivity index is 1.65. The summed E-state index contributed by atoms with van der Waals surface area (Å²) in [6.07, 6.45) is -1.07. The molecular weight excluding hydrogens is 428 g/mol. The number of aromatic amines is 1. The number of H-pyrrole nitrogens is 1. The molecule has 2 aromatic carbocycles. The molecule has 0 bridgehead atoms. The number of ether oxygens (including phenoxy) is 2. The number of aryl methyl sites for hydroxylation is 2. The number of aromatic nitrogens is 4. The minimum absolute atomic E-state index is 0.0117. The summed E-state index contributed by atoms with van der Waals surface area (Å²) >= 11 is 0. The van der Waals surface area contributed by atoms with Crippen molar-refractivity contribution < 1.29 is 19.4 Å². The molecule has 0 unspecified atom stereocenters. The Labute approximate surface area is 187 Å². The van der Waals surface area contributed by atoms with E-state index in [-0.39, 0.29) is 35.9 Å². The van der Waals surface area contributed by atoms with E-state index in [0.29, 0.717) is 5.75 Å². The van der Waals surface area contributed by atoms with Crippen LogP contribution in [0.25, 0.3) is 11.2 Å². The molecule has 0 radical (unpaired) electrons. The number of hydrogen-bond acceptors (Lipinski definition) is 7. The van der Waals surface area contributed by atoms with Crippen LogP contribution in [-0.4, -0.2) is 42.9 Å². The molecule has 0 fully saturated rings. The van der Waals surface area contributed by atoms with Gasteiger partial charge in [-0.05, 0) is 31.2 Å². The molecule has 10 heteroatoms. The van der Waals surface area contributed by atoms with Gasteiger partial charge in [0.05, 0.1) is 12.1 Å². The van der Waals surface area contributed by atoms with Gasteiger partial charge in [-0.1, -0.05) is 35.9 Å². The standard InChI is InChI=1S/C23H22N4O6/c1-14-8-10-17(11-9-14)32-13-16(28)12-27-18-19(26(2)22(31)25-20(18)29)24-23(27)33-21(30)15-6-4-3-5-7-15/h3-11,16,28H,12-13H2,1-2H3,(H,25,29,31)/t16-/m1/s1. The maximum Gasteiger partial charge on any atom is 0.345 e. The third kappa shape index (κ3) is 4.70. The number of esters is 1. The van der Waals surface area contributed by atoms with Crippen LogP contribution in [0.1, 0.15) is 15.9 Å². The lowest BCUT2D eigenvalue weighted by atomic mass is 10.2. The zero-order valence-electron chi connectivity index (χ0n) is 18.0. The van der Waals surface area contributed by atoms with Gasteiger partial charge in [0.25, 0.3) is 5.56 Å². The molecular formula is C23H22N4O6. The first kappa shape index (κ1) is 22.0. The van der Waals surface area contributed by atoms with E-state index in [9.17, 15) is 19.5 Å². The smallest absolute Gasteiger partial charge is 0.345 e. The van der Waals surface area contributed by atoms with Crippen LogP contribution in [-0.2, 0) is 13.6 Å². The fourth-order valence-electron chi connectivity index (χ4n) is 3.27. The number of rotatable bonds is 7. The lowest BCUT2D eigenvalue weighted by molar-refractivity contribution is 0.0684. The number of carbonyl (C=O) groups excluding carboxylic acids is 1. The van der Waals surface area contributed by atoms with Crippen molar-refractivity contribution in [2.45, 2.75) is 19.6 Å². The molecule has 0 aliphatic carbocycles. The molecule has 0 saturated carbocycles. The molecule has 2 heterocycles. The minimum Gasteiger partial charge on any atom is -0.491 e. The highest BCUT2D eigenvalue weighted by molar-refractivity contribution is 5.91. The fourth-order valence-corrected chi connectivity index (χ4v) is 3.27. The summed E-state index contributed by atoms with van der Waals surface area (Å²) in [6, 6.07) is 15.4. The zero-order chi connectivity index (χ0) is 23.5. The Kier molecular flexibility index (Phi) is 6.09. The quantitative estimate of drug-likeness (QED) is 0.407. The largest absolute Gasteiger partial charge is 0.491 e. The lowest BCUT2D eigenvalue weighted by Crippen LogP contribution is -2.30. The number of aliphatic hydroxyl groups excluding tert-OH is 1. The molecule has 4 rings (SSSR count). The van der Waals surface area contributed by atoms with E-state index in [2.05, 4.69) is 9.97 Å². The Morgan fingerprint density at radius 3 is 2.52 bits per heavy atom. The number of aliphatic hydroxyl groups is 1. The summed E-state index contributed by atoms with van der Waals surface area (Å²) in [4.78, 5) is 43.5. The van der Waals surface area contributed by atoms with Crippen molar-refractivity contribution >= 4 is 17.1 Å². The molecule has 33 heavy (non-hydrogen) atoms. The summed E-state index contributed by atoms with van der Waals surface area (Å²) in [5.41, 5.74) is -0.0196. The number of nitrogens with zero attached hydrogens (tertiary/aromatic N) is 3. The fraction of sp³-hybridized carbons (Fsp3) is 0.217. The third-order valence-electron chi connectivity index (χ3n) is 5.02. The number of imidazole rings is 1. The second-order valence-electron chi connectivity index (χ2n) is 7.53. The van der Waals surface area contributed by atoms with Gasteiger partial charge in [0.1, 0.15) is 18.5 Å². The number of nitrogens with one attached hydrogen (secondary N) is 1. The second-order valence-corrected chi connectivity index (χ2v) is 7.53. The first-order valence-electron chi connectivity index (χ1n) is 10.2. The first-order valence-corrected chi connectivity index (χ1v) is 10.2. The Bertz CT molecular complexity index is 1400. The van der Waals surface area contributed by atoms with Gasteiger partial charge in [0.15, 0.2) is 11.2 Å². The first-order chi connectivity index (χ1) is 15.8. The summed E-state index contributed by atoms with van der Waals surface area (Å²) in [7, 11) is 1.43. The molecule has 170 valence electrons. The number of hydrogen-bond donors (Lipinski definition) is 2. The SMILES string of the molecule is Cc1ccc(OC[C@H](O)Cn2c(OC(=O)c3ccccc3)nc3c2c(=O)[nH]c(=O)n3C)cc1. The summed E-state index contributed by atoms with van der Waals surface area (Å²) < 4.78 is 13.4. The highest BCUT2D eigenvalue weighted by atomic mass is 16.6. The zero-order valence-corrected chi connectivity index (χ0v) is 18.0. The maximum atomic E-state index is 12.6. The van der Waals surface area contributed by atoms with Crippen LogP contribution in [0.2, 0.25) is 0 Å². The van der Waals surface area contributed by atoms with Gasteiger partial charge < -0.3 is 14.6 Å². The molecule has 0 aliphatic heterocycles. The van der Waals surface area contributed by atoms with Crippen molar-refractivity contribution in [3.8, 4) is 11.8 Å². The van der Waals surface area contributed by atoms with Crippen LogP contribution in [0.3, 0.4) is 0 Å². The second kappa shape index (κ2) is 9.13. The third-order valence-corrected chi connectivity index (χ3v) is 5.02. The van der Waals surface area contributed by atoms with E-state index in [1.807, 2.05) is 19.1 Å².